The summed E-state index contributed by atoms with van der Waals surface area (Å²) >= 11 is 0. The Morgan fingerprint density at radius 3 is 2.47 bits per heavy atom. The molecule has 49 heavy (non-hydrogen) atoms. The van der Waals surface area contributed by atoms with Crippen molar-refractivity contribution in [1.82, 2.24) is 19.5 Å². The molecule has 251 valence electrons. The molecule has 0 aliphatic carbocycles. The van der Waals surface area contributed by atoms with Crippen LogP contribution in [0.2, 0.25) is 0 Å². The van der Waals surface area contributed by atoms with Crippen LogP contribution in [0.15, 0.2) is 89.5 Å². The Labute approximate surface area is 302 Å². The van der Waals surface area contributed by atoms with Crippen molar-refractivity contribution in [2.24, 2.45) is 5.41 Å². The largest absolute Gasteiger partial charge is 0.486 e. The quantitative estimate of drug-likeness (QED) is 0.166. The predicted octanol–water partition coefficient (Wildman–Crippen LogP) is 11.1. The third-order valence-electron chi connectivity index (χ3n) is 8.95. The Hall–Kier alpha value is -4.38. The van der Waals surface area contributed by atoms with Crippen molar-refractivity contribution >= 4 is 39.2 Å². The summed E-state index contributed by atoms with van der Waals surface area (Å²) in [4.78, 5) is 14.0. The zero-order valence-corrected chi connectivity index (χ0v) is 31.9. The number of benzene rings is 3. The monoisotopic (exact) mass is 823 g/mol. The average molecular weight is 823 g/mol. The van der Waals surface area contributed by atoms with Crippen LogP contribution >= 0.6 is 0 Å². The third-order valence-corrected chi connectivity index (χ3v) is 8.95. The van der Waals surface area contributed by atoms with E-state index >= 15 is 0 Å². The van der Waals surface area contributed by atoms with Gasteiger partial charge in [0, 0.05) is 42.9 Å². The van der Waals surface area contributed by atoms with Crippen molar-refractivity contribution in [1.29, 1.82) is 0 Å². The number of aryl methyl sites for hydroxylation is 1. The van der Waals surface area contributed by atoms with Gasteiger partial charge in [-0.3, -0.25) is 4.98 Å². The molecule has 0 N–H and O–H groups in total. The number of nitrogens with zero attached hydrogens (tertiary/aromatic N) is 4. The van der Waals surface area contributed by atoms with Crippen LogP contribution < -0.4 is 0 Å². The molecule has 1 radical (unpaired) electrons. The maximum atomic E-state index is 6.08. The number of furan rings is 1. The molecule has 0 unspecified atom stereocenters. The first-order valence-corrected chi connectivity index (χ1v) is 16.8. The van der Waals surface area contributed by atoms with Crippen LogP contribution in [0.3, 0.4) is 0 Å². The Morgan fingerprint density at radius 1 is 0.918 bits per heavy atom. The summed E-state index contributed by atoms with van der Waals surface area (Å²) < 4.78 is 8.45. The molecule has 6 heteroatoms. The number of allylic oxidation sites excluding steroid dienone is 1. The fourth-order valence-electron chi connectivity index (χ4n) is 6.76. The van der Waals surface area contributed by atoms with Crippen LogP contribution in [0, 0.1) is 24.5 Å². The van der Waals surface area contributed by atoms with Gasteiger partial charge in [0.1, 0.15) is 0 Å². The fourth-order valence-corrected chi connectivity index (χ4v) is 6.76. The van der Waals surface area contributed by atoms with Gasteiger partial charge in [0.25, 0.3) is 0 Å². The summed E-state index contributed by atoms with van der Waals surface area (Å²) in [6.45, 7) is 17.7. The normalized spacial score (nSPS) is 13.5. The summed E-state index contributed by atoms with van der Waals surface area (Å²) in [7, 11) is 0. The Bertz CT molecular complexity index is 2320. The van der Waals surface area contributed by atoms with Crippen LogP contribution in [-0.4, -0.2) is 19.5 Å². The molecule has 5 nitrogen and oxygen atoms in total. The molecular weight excluding hydrogens is 781 g/mol. The van der Waals surface area contributed by atoms with Crippen molar-refractivity contribution in [3.05, 3.63) is 120 Å². The topological polar surface area (TPSA) is 56.7 Å². The van der Waals surface area contributed by atoms with Crippen LogP contribution in [0.25, 0.3) is 61.8 Å². The minimum atomic E-state index is -0.101. The van der Waals surface area contributed by atoms with Gasteiger partial charge in [0.15, 0.2) is 0 Å². The number of fused-ring (bicyclic) bond motifs is 3. The van der Waals surface area contributed by atoms with E-state index in [0.29, 0.717) is 11.6 Å². The van der Waals surface area contributed by atoms with Gasteiger partial charge in [0.2, 0.25) is 5.71 Å². The summed E-state index contributed by atoms with van der Waals surface area (Å²) in [5, 5.41) is 2.08. The van der Waals surface area contributed by atoms with E-state index in [1.54, 1.807) is 0 Å². The first-order valence-electron chi connectivity index (χ1n) is 16.8. The van der Waals surface area contributed by atoms with Crippen molar-refractivity contribution in [3.63, 3.8) is 0 Å². The molecule has 1 aliphatic heterocycles. The summed E-state index contributed by atoms with van der Waals surface area (Å²) in [6, 6.07) is 31.4. The van der Waals surface area contributed by atoms with E-state index in [2.05, 4.69) is 124 Å². The minimum absolute atomic E-state index is 0. The van der Waals surface area contributed by atoms with Crippen LogP contribution in [-0.2, 0) is 32.1 Å². The molecule has 4 aromatic heterocycles. The molecule has 8 rings (SSSR count). The number of pyridine rings is 2. The molecule has 0 amide bonds. The zero-order chi connectivity index (χ0) is 33.8. The van der Waals surface area contributed by atoms with Gasteiger partial charge in [-0.25, -0.2) is 4.98 Å². The van der Waals surface area contributed by atoms with Crippen molar-refractivity contribution < 1.29 is 24.5 Å². The SMILES string of the molecule is CC(C)c1ccc2nc(-c3[c-]cccc3)n3c2c1C=CC3(C)C.Cc1ccc2c(n1)oc1c(-c3cc(CC(C)(C)C)ccn3)[c-]ccc12.[Ir]. The molecule has 3 aromatic carbocycles. The second kappa shape index (κ2) is 13.2. The summed E-state index contributed by atoms with van der Waals surface area (Å²) in [5.41, 5.74) is 11.7. The second-order valence-electron chi connectivity index (χ2n) is 14.9. The Balaban J connectivity index is 0.000000167. The van der Waals surface area contributed by atoms with Crippen LogP contribution in [0.1, 0.15) is 76.8 Å². The molecule has 5 heterocycles. The van der Waals surface area contributed by atoms with E-state index < -0.39 is 0 Å². The van der Waals surface area contributed by atoms with Crippen LogP contribution in [0.4, 0.5) is 0 Å². The number of aromatic nitrogens is 4. The molecule has 0 bridgehead atoms. The fraction of sp³-hybridized carbons (Fsp3) is 0.279. The van der Waals surface area contributed by atoms with E-state index in [4.69, 9.17) is 9.40 Å². The number of hydrogen-bond donors (Lipinski definition) is 0. The van der Waals surface area contributed by atoms with Crippen LogP contribution in [0.5, 0.6) is 0 Å². The third kappa shape index (κ3) is 6.65. The van der Waals surface area contributed by atoms with Gasteiger partial charge >= 0.3 is 0 Å². The van der Waals surface area contributed by atoms with Gasteiger partial charge < -0.3 is 14.0 Å². The van der Waals surface area contributed by atoms with E-state index in [9.17, 15) is 0 Å². The van der Waals surface area contributed by atoms with Gasteiger partial charge in [-0.15, -0.1) is 54.1 Å². The Kier molecular flexibility index (Phi) is 9.25. The smallest absolute Gasteiger partial charge is 0.216 e. The minimum Gasteiger partial charge on any atom is -0.486 e. The van der Waals surface area contributed by atoms with E-state index in [-0.39, 0.29) is 31.1 Å². The van der Waals surface area contributed by atoms with Crippen molar-refractivity contribution in [2.45, 2.75) is 73.3 Å². The number of imidazole rings is 1. The predicted molar refractivity (Wildman–Crippen MR) is 198 cm³/mol. The average Bonchev–Trinajstić information content (AvgIpc) is 3.62. The van der Waals surface area contributed by atoms with E-state index in [0.717, 1.165) is 56.6 Å². The second-order valence-corrected chi connectivity index (χ2v) is 14.9. The molecule has 0 spiro atoms. The standard InChI is InChI=1S/C22H21N2O.C21H21N2.Ir/c1-14-8-9-17-16-6-5-7-18(20(16)25-21(17)24-14)19-12-15(10-11-23-19)13-22(2,3)4;1-14(2)16-10-11-18-19-17(16)12-13-21(3,4)23(19)20(22-18)15-8-6-5-7-9-15;/h5-6,8-12H,13H2,1-4H3;5-8,10-14H,1-4H3;/q2*-1;. The molecule has 7 aromatic rings. The van der Waals surface area contributed by atoms with Gasteiger partial charge in [-0.05, 0) is 74.0 Å². The molecule has 1 aliphatic rings. The molecule has 0 atom stereocenters. The summed E-state index contributed by atoms with van der Waals surface area (Å²) in [5.74, 6) is 1.49. The maximum Gasteiger partial charge on any atom is 0.216 e. The van der Waals surface area contributed by atoms with Gasteiger partial charge in [0.05, 0.1) is 28.0 Å². The number of hydrogen-bond acceptors (Lipinski definition) is 4. The first-order chi connectivity index (χ1) is 22.9. The molecular formula is C43H42IrN4O-2. The molecule has 0 saturated carbocycles. The van der Waals surface area contributed by atoms with Gasteiger partial charge in [-0.1, -0.05) is 75.4 Å². The Morgan fingerprint density at radius 2 is 1.73 bits per heavy atom. The number of rotatable bonds is 4. The van der Waals surface area contributed by atoms with Crippen molar-refractivity contribution in [2.75, 3.05) is 0 Å². The van der Waals surface area contributed by atoms with Crippen molar-refractivity contribution in [3.8, 4) is 22.6 Å². The molecule has 0 saturated heterocycles. The van der Waals surface area contributed by atoms with E-state index in [1.165, 1.54) is 22.2 Å². The summed E-state index contributed by atoms with van der Waals surface area (Å²) in [6.07, 6.45) is 7.43. The maximum absolute atomic E-state index is 6.08. The van der Waals surface area contributed by atoms with E-state index in [1.807, 2.05) is 49.5 Å². The first kappa shape index (κ1) is 34.5. The zero-order valence-electron chi connectivity index (χ0n) is 29.5. The molecule has 0 fully saturated rings. The van der Waals surface area contributed by atoms with Gasteiger partial charge in [-0.2, -0.15) is 0 Å².